The van der Waals surface area contributed by atoms with Crippen molar-refractivity contribution in [2.45, 2.75) is 25.8 Å². The lowest BCUT2D eigenvalue weighted by Gasteiger charge is -2.23. The Morgan fingerprint density at radius 1 is 1.27 bits per heavy atom. The zero-order chi connectivity index (χ0) is 16.0. The van der Waals surface area contributed by atoms with E-state index in [0.29, 0.717) is 32.5 Å². The molecule has 0 spiro atoms. The van der Waals surface area contributed by atoms with E-state index < -0.39 is 5.41 Å². The molecule has 0 atom stereocenters. The van der Waals surface area contributed by atoms with Gasteiger partial charge in [-0.1, -0.05) is 30.3 Å². The number of hydrogen-bond donors (Lipinski definition) is 1. The lowest BCUT2D eigenvalue weighted by molar-refractivity contribution is -0.143. The van der Waals surface area contributed by atoms with Crippen LogP contribution in [0.25, 0.3) is 0 Å². The van der Waals surface area contributed by atoms with Gasteiger partial charge in [0.1, 0.15) is 5.41 Å². The molecule has 120 valence electrons. The summed E-state index contributed by atoms with van der Waals surface area (Å²) in [5.41, 5.74) is 0.228. The van der Waals surface area contributed by atoms with Crippen LogP contribution in [0, 0.1) is 5.41 Å². The van der Waals surface area contributed by atoms with Crippen molar-refractivity contribution in [3.63, 3.8) is 0 Å². The van der Waals surface area contributed by atoms with Crippen molar-refractivity contribution in [2.75, 3.05) is 27.3 Å². The third-order valence-corrected chi connectivity index (χ3v) is 4.01. The van der Waals surface area contributed by atoms with E-state index in [2.05, 4.69) is 5.32 Å². The minimum Gasteiger partial charge on any atom is -0.385 e. The van der Waals surface area contributed by atoms with Crippen molar-refractivity contribution in [1.29, 1.82) is 0 Å². The number of carbonyl (C=O) groups is 2. The third kappa shape index (κ3) is 3.85. The molecule has 22 heavy (non-hydrogen) atoms. The summed E-state index contributed by atoms with van der Waals surface area (Å²) in [6, 6.07) is 9.80. The van der Waals surface area contributed by atoms with Gasteiger partial charge >= 0.3 is 0 Å². The molecule has 5 heteroatoms. The molecule has 0 unspecified atom stereocenters. The van der Waals surface area contributed by atoms with Crippen LogP contribution in [-0.4, -0.2) is 44.0 Å². The molecule has 0 heterocycles. The van der Waals surface area contributed by atoms with Crippen LogP contribution in [0.1, 0.15) is 24.8 Å². The van der Waals surface area contributed by atoms with Crippen LogP contribution in [-0.2, 0) is 20.9 Å². The molecule has 1 N–H and O–H groups in total. The Balaban J connectivity index is 1.88. The standard InChI is InChI=1S/C17H24N2O3/c1-19(13-14-7-4-3-5-8-14)16(21)17(9-10-17)15(20)18-11-6-12-22-2/h3-5,7-8H,6,9-13H2,1-2H3,(H,18,20). The van der Waals surface area contributed by atoms with Crippen molar-refractivity contribution in [3.05, 3.63) is 35.9 Å². The minimum atomic E-state index is -0.837. The Morgan fingerprint density at radius 2 is 1.95 bits per heavy atom. The summed E-state index contributed by atoms with van der Waals surface area (Å²) in [6.45, 7) is 1.68. The Hall–Kier alpha value is -1.88. The first kappa shape index (κ1) is 16.5. The second-order valence-corrected chi connectivity index (χ2v) is 5.83. The number of ether oxygens (including phenoxy) is 1. The van der Waals surface area contributed by atoms with E-state index in [1.165, 1.54) is 0 Å². The van der Waals surface area contributed by atoms with Crippen LogP contribution in [0.15, 0.2) is 30.3 Å². The topological polar surface area (TPSA) is 58.6 Å². The predicted octanol–water partition coefficient (Wildman–Crippen LogP) is 1.58. The summed E-state index contributed by atoms with van der Waals surface area (Å²) in [4.78, 5) is 26.5. The molecule has 2 amide bonds. The molecule has 2 rings (SSSR count). The van der Waals surface area contributed by atoms with Crippen LogP contribution < -0.4 is 5.32 Å². The number of hydrogen-bond acceptors (Lipinski definition) is 3. The van der Waals surface area contributed by atoms with Gasteiger partial charge < -0.3 is 15.0 Å². The van der Waals surface area contributed by atoms with E-state index in [0.717, 1.165) is 12.0 Å². The third-order valence-electron chi connectivity index (χ3n) is 4.01. The van der Waals surface area contributed by atoms with E-state index in [1.54, 1.807) is 19.1 Å². The molecule has 0 radical (unpaired) electrons. The second-order valence-electron chi connectivity index (χ2n) is 5.83. The van der Waals surface area contributed by atoms with E-state index in [1.807, 2.05) is 30.3 Å². The van der Waals surface area contributed by atoms with Crippen LogP contribution in [0.5, 0.6) is 0 Å². The summed E-state index contributed by atoms with van der Waals surface area (Å²) in [6.07, 6.45) is 2.04. The van der Waals surface area contributed by atoms with Crippen LogP contribution in [0.4, 0.5) is 0 Å². The normalized spacial score (nSPS) is 15.2. The van der Waals surface area contributed by atoms with Crippen LogP contribution in [0.2, 0.25) is 0 Å². The fourth-order valence-corrected chi connectivity index (χ4v) is 2.55. The first-order valence-corrected chi connectivity index (χ1v) is 7.67. The van der Waals surface area contributed by atoms with E-state index in [4.69, 9.17) is 4.74 Å². The van der Waals surface area contributed by atoms with Gasteiger partial charge in [-0.15, -0.1) is 0 Å². The van der Waals surface area contributed by atoms with Crippen LogP contribution >= 0.6 is 0 Å². The largest absolute Gasteiger partial charge is 0.385 e. The molecular formula is C17H24N2O3. The first-order chi connectivity index (χ1) is 10.6. The van der Waals surface area contributed by atoms with Gasteiger partial charge in [0.2, 0.25) is 11.8 Å². The highest BCUT2D eigenvalue weighted by atomic mass is 16.5. The maximum Gasteiger partial charge on any atom is 0.238 e. The highest BCUT2D eigenvalue weighted by molar-refractivity contribution is 6.07. The van der Waals surface area contributed by atoms with Crippen molar-refractivity contribution in [2.24, 2.45) is 5.41 Å². The molecule has 1 aromatic carbocycles. The summed E-state index contributed by atoms with van der Waals surface area (Å²) >= 11 is 0. The van der Waals surface area contributed by atoms with Gasteiger partial charge in [0.25, 0.3) is 0 Å². The molecule has 0 bridgehead atoms. The molecule has 1 aliphatic rings. The summed E-state index contributed by atoms with van der Waals surface area (Å²) in [7, 11) is 3.39. The lowest BCUT2D eigenvalue weighted by Crippen LogP contribution is -2.44. The van der Waals surface area contributed by atoms with Crippen LogP contribution in [0.3, 0.4) is 0 Å². The molecule has 0 saturated heterocycles. The zero-order valence-corrected chi connectivity index (χ0v) is 13.3. The van der Waals surface area contributed by atoms with Gasteiger partial charge in [0.05, 0.1) is 0 Å². The molecule has 1 aliphatic carbocycles. The smallest absolute Gasteiger partial charge is 0.238 e. The second kappa shape index (κ2) is 7.40. The molecule has 0 aromatic heterocycles. The number of methoxy groups -OCH3 is 1. The molecule has 5 nitrogen and oxygen atoms in total. The molecular weight excluding hydrogens is 280 g/mol. The Bertz CT molecular complexity index is 512. The average molecular weight is 304 g/mol. The average Bonchev–Trinajstić information content (AvgIpc) is 3.33. The molecule has 1 saturated carbocycles. The molecule has 1 fully saturated rings. The maximum absolute atomic E-state index is 12.6. The number of amides is 2. The number of benzene rings is 1. The fraction of sp³-hybridized carbons (Fsp3) is 0.529. The molecule has 0 aliphatic heterocycles. The van der Waals surface area contributed by atoms with E-state index in [9.17, 15) is 9.59 Å². The van der Waals surface area contributed by atoms with Gasteiger partial charge in [-0.25, -0.2) is 0 Å². The van der Waals surface area contributed by atoms with Gasteiger partial charge in [-0.05, 0) is 24.8 Å². The Kier molecular flexibility index (Phi) is 5.55. The summed E-state index contributed by atoms with van der Waals surface area (Å²) in [5, 5.41) is 2.85. The van der Waals surface area contributed by atoms with Crippen molar-refractivity contribution >= 4 is 11.8 Å². The highest BCUT2D eigenvalue weighted by Gasteiger charge is 2.57. The van der Waals surface area contributed by atoms with Crippen molar-refractivity contribution < 1.29 is 14.3 Å². The van der Waals surface area contributed by atoms with Gasteiger partial charge in [-0.3, -0.25) is 9.59 Å². The lowest BCUT2D eigenvalue weighted by atomic mass is 10.0. The van der Waals surface area contributed by atoms with Crippen molar-refractivity contribution in [1.82, 2.24) is 10.2 Å². The number of nitrogens with one attached hydrogen (secondary N) is 1. The first-order valence-electron chi connectivity index (χ1n) is 7.67. The SMILES string of the molecule is COCCCNC(=O)C1(C(=O)N(C)Cc2ccccc2)CC1. The summed E-state index contributed by atoms with van der Waals surface area (Å²) < 4.78 is 4.95. The predicted molar refractivity (Wildman–Crippen MR) is 84.1 cm³/mol. The quantitative estimate of drug-likeness (QED) is 0.586. The zero-order valence-electron chi connectivity index (χ0n) is 13.3. The monoisotopic (exact) mass is 304 g/mol. The van der Waals surface area contributed by atoms with Gasteiger partial charge in [0, 0.05) is 33.9 Å². The van der Waals surface area contributed by atoms with Gasteiger partial charge in [0.15, 0.2) is 0 Å². The van der Waals surface area contributed by atoms with Crippen molar-refractivity contribution in [3.8, 4) is 0 Å². The summed E-state index contributed by atoms with van der Waals surface area (Å²) in [5.74, 6) is -0.228. The fourth-order valence-electron chi connectivity index (χ4n) is 2.55. The number of rotatable bonds is 8. The highest BCUT2D eigenvalue weighted by Crippen LogP contribution is 2.47. The Labute approximate surface area is 131 Å². The Morgan fingerprint density at radius 3 is 2.55 bits per heavy atom. The number of nitrogens with zero attached hydrogens (tertiary/aromatic N) is 1. The maximum atomic E-state index is 12.6. The molecule has 1 aromatic rings. The van der Waals surface area contributed by atoms with E-state index >= 15 is 0 Å². The minimum absolute atomic E-state index is 0.0828. The van der Waals surface area contributed by atoms with E-state index in [-0.39, 0.29) is 11.8 Å². The van der Waals surface area contributed by atoms with Gasteiger partial charge in [-0.2, -0.15) is 0 Å². The number of carbonyl (C=O) groups excluding carboxylic acids is 2.